The summed E-state index contributed by atoms with van der Waals surface area (Å²) in [6.07, 6.45) is 10.2. The summed E-state index contributed by atoms with van der Waals surface area (Å²) in [7, 11) is 1.72. The molecule has 0 aromatic heterocycles. The molecule has 1 heterocycles. The third-order valence-corrected chi connectivity index (χ3v) is 4.26. The summed E-state index contributed by atoms with van der Waals surface area (Å²) in [5.74, 6) is 0.595. The lowest BCUT2D eigenvalue weighted by molar-refractivity contribution is 0.332. The molecule has 1 saturated carbocycles. The third-order valence-electron chi connectivity index (χ3n) is 4.26. The van der Waals surface area contributed by atoms with Crippen LogP contribution in [0.3, 0.4) is 0 Å². The van der Waals surface area contributed by atoms with Crippen LogP contribution in [0.15, 0.2) is 33.5 Å². The minimum Gasteiger partial charge on any atom is -0.384 e. The predicted molar refractivity (Wildman–Crippen MR) is 92.0 cm³/mol. The lowest BCUT2D eigenvalue weighted by Crippen LogP contribution is -2.43. The van der Waals surface area contributed by atoms with Gasteiger partial charge in [0.05, 0.1) is 23.0 Å². The zero-order valence-corrected chi connectivity index (χ0v) is 13.6. The smallest absolute Gasteiger partial charge is 0.126 e. The van der Waals surface area contributed by atoms with Gasteiger partial charge in [0.25, 0.3) is 0 Å². The van der Waals surface area contributed by atoms with Crippen molar-refractivity contribution in [3.05, 3.63) is 23.5 Å². The number of aliphatic imine (C=N–C) groups is 2. The highest BCUT2D eigenvalue weighted by Crippen LogP contribution is 2.28. The van der Waals surface area contributed by atoms with Crippen LogP contribution in [0.25, 0.3) is 0 Å². The summed E-state index contributed by atoms with van der Waals surface area (Å²) >= 11 is 0. The Balaban J connectivity index is 2.42. The SMILES string of the molecule is CC=C1C(=NC2CCCCC2C)C(C(=N)N)=CNN1C=NC. The van der Waals surface area contributed by atoms with Crippen LogP contribution in [-0.4, -0.2) is 36.0 Å². The number of hydrogen-bond acceptors (Lipinski definition) is 4. The Hall–Kier alpha value is -2.11. The molecule has 0 spiro atoms. The van der Waals surface area contributed by atoms with Gasteiger partial charge in [-0.3, -0.25) is 20.8 Å². The summed E-state index contributed by atoms with van der Waals surface area (Å²) in [6.45, 7) is 4.21. The predicted octanol–water partition coefficient (Wildman–Crippen LogP) is 2.21. The van der Waals surface area contributed by atoms with Crippen molar-refractivity contribution < 1.29 is 0 Å². The molecule has 1 aliphatic carbocycles. The van der Waals surface area contributed by atoms with Gasteiger partial charge in [-0.1, -0.05) is 25.8 Å². The lowest BCUT2D eigenvalue weighted by Gasteiger charge is -2.32. The molecule has 0 bridgehead atoms. The van der Waals surface area contributed by atoms with Crippen molar-refractivity contribution in [2.75, 3.05) is 7.05 Å². The van der Waals surface area contributed by atoms with E-state index >= 15 is 0 Å². The van der Waals surface area contributed by atoms with Gasteiger partial charge in [-0.25, -0.2) is 5.01 Å². The van der Waals surface area contributed by atoms with Crippen LogP contribution in [-0.2, 0) is 0 Å². The molecule has 6 heteroatoms. The lowest BCUT2D eigenvalue weighted by atomic mass is 9.86. The minimum atomic E-state index is 0.0298. The summed E-state index contributed by atoms with van der Waals surface area (Å²) in [5.41, 5.74) is 11.1. The number of rotatable bonds is 3. The van der Waals surface area contributed by atoms with E-state index in [0.717, 1.165) is 17.8 Å². The first kappa shape index (κ1) is 16.3. The number of nitrogens with zero attached hydrogens (tertiary/aromatic N) is 3. The van der Waals surface area contributed by atoms with Gasteiger partial charge in [0, 0.05) is 13.2 Å². The molecule has 1 fully saturated rings. The molecule has 0 amide bonds. The molecule has 0 radical (unpaired) electrons. The molecule has 2 atom stereocenters. The monoisotopic (exact) mass is 302 g/mol. The van der Waals surface area contributed by atoms with Crippen LogP contribution < -0.4 is 11.2 Å². The number of nitrogens with one attached hydrogen (secondary N) is 2. The number of hydrogen-bond donors (Lipinski definition) is 3. The van der Waals surface area contributed by atoms with Crippen molar-refractivity contribution in [1.29, 1.82) is 5.41 Å². The second-order valence-electron chi connectivity index (χ2n) is 5.83. The second kappa shape index (κ2) is 7.24. The van der Waals surface area contributed by atoms with E-state index in [0.29, 0.717) is 17.5 Å². The van der Waals surface area contributed by atoms with Gasteiger partial charge in [-0.2, -0.15) is 0 Å². The Morgan fingerprint density at radius 2 is 2.18 bits per heavy atom. The van der Waals surface area contributed by atoms with Crippen LogP contribution in [0.1, 0.15) is 39.5 Å². The van der Waals surface area contributed by atoms with E-state index in [4.69, 9.17) is 16.1 Å². The maximum atomic E-state index is 7.83. The average Bonchev–Trinajstić information content (AvgIpc) is 2.50. The zero-order valence-electron chi connectivity index (χ0n) is 13.6. The fourth-order valence-electron chi connectivity index (χ4n) is 3.01. The van der Waals surface area contributed by atoms with E-state index in [2.05, 4.69) is 17.3 Å². The van der Waals surface area contributed by atoms with E-state index in [-0.39, 0.29) is 5.84 Å². The Labute approximate surface area is 132 Å². The highest BCUT2D eigenvalue weighted by Gasteiger charge is 2.27. The van der Waals surface area contributed by atoms with Gasteiger partial charge >= 0.3 is 0 Å². The van der Waals surface area contributed by atoms with E-state index in [1.165, 1.54) is 19.3 Å². The molecule has 22 heavy (non-hydrogen) atoms. The van der Waals surface area contributed by atoms with Crippen molar-refractivity contribution in [1.82, 2.24) is 10.4 Å². The largest absolute Gasteiger partial charge is 0.384 e. The molecule has 1 aliphatic heterocycles. The fourth-order valence-corrected chi connectivity index (χ4v) is 3.01. The Kier molecular flexibility index (Phi) is 5.35. The minimum absolute atomic E-state index is 0.0298. The van der Waals surface area contributed by atoms with E-state index in [1.807, 2.05) is 13.0 Å². The Morgan fingerprint density at radius 1 is 1.45 bits per heavy atom. The molecule has 2 aliphatic rings. The highest BCUT2D eigenvalue weighted by molar-refractivity contribution is 6.29. The first-order valence-corrected chi connectivity index (χ1v) is 7.85. The molecular formula is C16H26N6. The van der Waals surface area contributed by atoms with Gasteiger partial charge < -0.3 is 5.73 Å². The standard InChI is InChI=1S/C16H26N6/c1-4-14-15(21-13-8-6-5-7-11(13)2)12(16(17)18)9-20-22(14)10-19-3/h4,9-11,13,20H,5-8H2,1-3H3,(H3,17,18). The van der Waals surface area contributed by atoms with Crippen LogP contribution in [0.2, 0.25) is 0 Å². The van der Waals surface area contributed by atoms with Crippen molar-refractivity contribution in [3.8, 4) is 0 Å². The molecule has 6 nitrogen and oxygen atoms in total. The van der Waals surface area contributed by atoms with Crippen molar-refractivity contribution in [2.24, 2.45) is 21.6 Å². The molecule has 0 saturated heterocycles. The van der Waals surface area contributed by atoms with Gasteiger partial charge in [0.15, 0.2) is 0 Å². The molecule has 4 N–H and O–H groups in total. The summed E-state index contributed by atoms with van der Waals surface area (Å²) in [5, 5.41) is 9.63. The van der Waals surface area contributed by atoms with Crippen molar-refractivity contribution in [2.45, 2.75) is 45.6 Å². The quantitative estimate of drug-likeness (QED) is 0.551. The second-order valence-corrected chi connectivity index (χ2v) is 5.83. The number of hydrazine groups is 1. The van der Waals surface area contributed by atoms with Crippen LogP contribution in [0, 0.1) is 11.3 Å². The fraction of sp³-hybridized carbons (Fsp3) is 0.562. The highest BCUT2D eigenvalue weighted by atomic mass is 15.5. The Morgan fingerprint density at radius 3 is 2.77 bits per heavy atom. The van der Waals surface area contributed by atoms with Crippen molar-refractivity contribution in [3.63, 3.8) is 0 Å². The van der Waals surface area contributed by atoms with E-state index in [9.17, 15) is 0 Å². The van der Waals surface area contributed by atoms with Crippen LogP contribution in [0.5, 0.6) is 0 Å². The van der Waals surface area contributed by atoms with Gasteiger partial charge in [0.1, 0.15) is 12.2 Å². The van der Waals surface area contributed by atoms with Crippen molar-refractivity contribution >= 4 is 17.9 Å². The molecular weight excluding hydrogens is 276 g/mol. The summed E-state index contributed by atoms with van der Waals surface area (Å²) < 4.78 is 0. The van der Waals surface area contributed by atoms with Gasteiger partial charge in [-0.15, -0.1) is 0 Å². The average molecular weight is 302 g/mol. The first-order valence-electron chi connectivity index (χ1n) is 7.85. The zero-order chi connectivity index (χ0) is 16.1. The number of nitrogens with two attached hydrogens (primary N) is 1. The summed E-state index contributed by atoms with van der Waals surface area (Å²) in [6, 6.07) is 0.292. The van der Waals surface area contributed by atoms with Crippen LogP contribution >= 0.6 is 0 Å². The number of allylic oxidation sites excluding steroid dienone is 2. The normalized spacial score (nSPS) is 29.8. The molecule has 2 unspecified atom stereocenters. The topological polar surface area (TPSA) is 89.9 Å². The summed E-state index contributed by atoms with van der Waals surface area (Å²) in [4.78, 5) is 9.03. The molecule has 0 aromatic carbocycles. The molecule has 2 rings (SSSR count). The maximum absolute atomic E-state index is 7.83. The van der Waals surface area contributed by atoms with Gasteiger partial charge in [-0.05, 0) is 25.7 Å². The van der Waals surface area contributed by atoms with E-state index < -0.39 is 0 Å². The number of amidine groups is 1. The molecule has 0 aromatic rings. The third kappa shape index (κ3) is 3.37. The van der Waals surface area contributed by atoms with Gasteiger partial charge in [0.2, 0.25) is 0 Å². The molecule has 120 valence electrons. The first-order chi connectivity index (χ1) is 10.6. The van der Waals surface area contributed by atoms with Crippen LogP contribution in [0.4, 0.5) is 0 Å². The Bertz CT molecular complexity index is 543. The van der Waals surface area contributed by atoms with E-state index in [1.54, 1.807) is 24.6 Å². The maximum Gasteiger partial charge on any atom is 0.126 e.